The predicted octanol–water partition coefficient (Wildman–Crippen LogP) is 4.33. The Morgan fingerprint density at radius 3 is 2.60 bits per heavy atom. The first-order chi connectivity index (χ1) is 14.3. The van der Waals surface area contributed by atoms with Crippen LogP contribution in [-0.4, -0.2) is 30.0 Å². The fourth-order valence-corrected chi connectivity index (χ4v) is 7.22. The van der Waals surface area contributed by atoms with E-state index in [9.17, 15) is 9.90 Å². The van der Waals surface area contributed by atoms with Gasteiger partial charge in [-0.15, -0.1) is 0 Å². The number of hydrogen-bond donors (Lipinski definition) is 3. The topological polar surface area (TPSA) is 102 Å². The Kier molecular flexibility index (Phi) is 7.32. The third-order valence-electron chi connectivity index (χ3n) is 8.82. The molecule has 3 aliphatic carbocycles. The van der Waals surface area contributed by atoms with E-state index in [1.165, 1.54) is 31.3 Å². The number of nitrogens with two attached hydrogens (primary N) is 2. The van der Waals surface area contributed by atoms with Gasteiger partial charge in [0.15, 0.2) is 11.7 Å². The molecule has 0 heterocycles. The average Bonchev–Trinajstić information content (AvgIpc) is 3.01. The summed E-state index contributed by atoms with van der Waals surface area (Å²) in [5, 5.41) is 10.3. The molecule has 5 nitrogen and oxygen atoms in total. The molecule has 0 radical (unpaired) electrons. The number of aliphatic hydroxyl groups is 1. The molecule has 2 saturated carbocycles. The van der Waals surface area contributed by atoms with Crippen LogP contribution in [-0.2, 0) is 4.79 Å². The van der Waals surface area contributed by atoms with Crippen molar-refractivity contribution in [2.24, 2.45) is 45.0 Å². The van der Waals surface area contributed by atoms with Crippen LogP contribution in [0.3, 0.4) is 0 Å². The second kappa shape index (κ2) is 9.42. The number of hydrogen-bond acceptors (Lipinski definition) is 3. The van der Waals surface area contributed by atoms with E-state index in [2.05, 4.69) is 25.8 Å². The third kappa shape index (κ3) is 3.94. The molecule has 0 amide bonds. The second-order valence-corrected chi connectivity index (χ2v) is 10.5. The van der Waals surface area contributed by atoms with Gasteiger partial charge in [0.25, 0.3) is 0 Å². The fraction of sp³-hybridized carbons (Fsp3) is 0.840. The smallest absolute Gasteiger partial charge is 0.185 e. The molecule has 2 bridgehead atoms. The number of Topliss-reactive ketones (excluding diaryl/α,β-unsaturated/α-hetero) is 1. The Morgan fingerprint density at radius 1 is 1.17 bits per heavy atom. The van der Waals surface area contributed by atoms with Gasteiger partial charge in [0.1, 0.15) is 0 Å². The van der Waals surface area contributed by atoms with Gasteiger partial charge in [-0.3, -0.25) is 9.79 Å². The van der Waals surface area contributed by atoms with E-state index < -0.39 is 0 Å². The van der Waals surface area contributed by atoms with E-state index >= 15 is 0 Å². The zero-order valence-corrected chi connectivity index (χ0v) is 19.4. The van der Waals surface area contributed by atoms with Gasteiger partial charge in [-0.05, 0) is 67.3 Å². The number of rotatable bonds is 11. The number of nitrogens with zero attached hydrogens (tertiary/aromatic N) is 1. The van der Waals surface area contributed by atoms with Gasteiger partial charge in [0.2, 0.25) is 0 Å². The quantitative estimate of drug-likeness (QED) is 0.264. The summed E-state index contributed by atoms with van der Waals surface area (Å²) in [6.07, 6.45) is 11.7. The minimum atomic E-state index is -0.0260. The van der Waals surface area contributed by atoms with Crippen molar-refractivity contribution in [3.63, 3.8) is 0 Å². The van der Waals surface area contributed by atoms with E-state index in [1.807, 2.05) is 0 Å². The highest BCUT2D eigenvalue weighted by atomic mass is 16.3. The second-order valence-electron chi connectivity index (χ2n) is 10.5. The van der Waals surface area contributed by atoms with Crippen LogP contribution >= 0.6 is 0 Å². The summed E-state index contributed by atoms with van der Waals surface area (Å²) in [6.45, 7) is 7.96. The number of allylic oxidation sites excluding steroid dienone is 2. The SMILES string of the molecule is CCCCCCC1C(CO)CC2CC3=C(CCCCN=C(N)N)C(=O)CC31C2(C)C. The molecule has 3 rings (SSSR count). The lowest BCUT2D eigenvalue weighted by Crippen LogP contribution is -2.51. The van der Waals surface area contributed by atoms with Crippen LogP contribution in [0.15, 0.2) is 16.1 Å². The number of aliphatic imine (C=N–C) groups is 1. The molecule has 2 fully saturated rings. The molecule has 0 aromatic heterocycles. The summed E-state index contributed by atoms with van der Waals surface area (Å²) in [7, 11) is 0. The molecular formula is C25H43N3O2. The first kappa shape index (κ1) is 23.3. The molecule has 3 aliphatic rings. The standard InChI is InChI=1S/C25H43N3O2/c1-4-5-6-7-11-20-17(16-29)13-18-14-21-19(10-8-9-12-28-23(26)27)22(30)15-25(20,21)24(18,2)3/h17-18,20,29H,4-16H2,1-3H3,(H4,26,27,28). The van der Waals surface area contributed by atoms with Crippen molar-refractivity contribution in [2.75, 3.05) is 13.2 Å². The maximum atomic E-state index is 13.3. The monoisotopic (exact) mass is 417 g/mol. The van der Waals surface area contributed by atoms with Crippen molar-refractivity contribution >= 4 is 11.7 Å². The van der Waals surface area contributed by atoms with E-state index in [0.29, 0.717) is 36.5 Å². The Balaban J connectivity index is 1.85. The molecule has 1 spiro atoms. The normalized spacial score (nSPS) is 31.9. The molecule has 170 valence electrons. The van der Waals surface area contributed by atoms with Gasteiger partial charge in [0, 0.05) is 25.0 Å². The van der Waals surface area contributed by atoms with Crippen LogP contribution < -0.4 is 11.5 Å². The van der Waals surface area contributed by atoms with Gasteiger partial charge in [-0.1, -0.05) is 52.0 Å². The highest BCUT2D eigenvalue weighted by Crippen LogP contribution is 2.74. The lowest BCUT2D eigenvalue weighted by molar-refractivity contribution is -0.123. The number of carbonyl (C=O) groups excluding carboxylic acids is 1. The summed E-state index contributed by atoms with van der Waals surface area (Å²) >= 11 is 0. The molecule has 4 unspecified atom stereocenters. The molecule has 0 aromatic rings. The number of guanidine groups is 1. The molecule has 0 aliphatic heterocycles. The maximum absolute atomic E-state index is 13.3. The molecule has 30 heavy (non-hydrogen) atoms. The molecule has 4 atom stereocenters. The van der Waals surface area contributed by atoms with E-state index in [0.717, 1.165) is 44.1 Å². The zero-order chi connectivity index (χ0) is 21.9. The van der Waals surface area contributed by atoms with Crippen molar-refractivity contribution < 1.29 is 9.90 Å². The minimum Gasteiger partial charge on any atom is -0.396 e. The Bertz CT molecular complexity index is 693. The number of fused-ring (bicyclic) bond motifs is 1. The van der Waals surface area contributed by atoms with Crippen LogP contribution in [0, 0.1) is 28.6 Å². The average molecular weight is 418 g/mol. The Hall–Kier alpha value is -1.36. The molecule has 0 saturated heterocycles. The van der Waals surface area contributed by atoms with Gasteiger partial charge >= 0.3 is 0 Å². The van der Waals surface area contributed by atoms with E-state index in [4.69, 9.17) is 11.5 Å². The van der Waals surface area contributed by atoms with Crippen LogP contribution in [0.4, 0.5) is 0 Å². The lowest BCUT2D eigenvalue weighted by Gasteiger charge is -2.55. The van der Waals surface area contributed by atoms with Crippen molar-refractivity contribution in [1.82, 2.24) is 0 Å². The highest BCUT2D eigenvalue weighted by Gasteiger charge is 2.68. The fourth-order valence-electron chi connectivity index (χ4n) is 7.22. The van der Waals surface area contributed by atoms with Crippen molar-refractivity contribution in [3.8, 4) is 0 Å². The summed E-state index contributed by atoms with van der Waals surface area (Å²) in [5.74, 6) is 1.87. The van der Waals surface area contributed by atoms with Crippen molar-refractivity contribution in [1.29, 1.82) is 0 Å². The Morgan fingerprint density at radius 2 is 1.93 bits per heavy atom. The van der Waals surface area contributed by atoms with E-state index in [-0.39, 0.29) is 23.4 Å². The van der Waals surface area contributed by atoms with Crippen LogP contribution in [0.5, 0.6) is 0 Å². The van der Waals surface area contributed by atoms with Gasteiger partial charge in [-0.25, -0.2) is 0 Å². The number of unbranched alkanes of at least 4 members (excludes halogenated alkanes) is 4. The predicted molar refractivity (Wildman–Crippen MR) is 123 cm³/mol. The Labute approximate surface area is 182 Å². The van der Waals surface area contributed by atoms with Crippen LogP contribution in [0.25, 0.3) is 0 Å². The first-order valence-electron chi connectivity index (χ1n) is 12.2. The number of ketones is 1. The van der Waals surface area contributed by atoms with Crippen LogP contribution in [0.2, 0.25) is 0 Å². The maximum Gasteiger partial charge on any atom is 0.185 e. The van der Waals surface area contributed by atoms with Crippen molar-refractivity contribution in [3.05, 3.63) is 11.1 Å². The van der Waals surface area contributed by atoms with Gasteiger partial charge < -0.3 is 16.6 Å². The largest absolute Gasteiger partial charge is 0.396 e. The summed E-state index contributed by atoms with van der Waals surface area (Å²) in [5.41, 5.74) is 13.5. The molecule has 5 N–H and O–H groups in total. The van der Waals surface area contributed by atoms with E-state index in [1.54, 1.807) is 0 Å². The van der Waals surface area contributed by atoms with Gasteiger partial charge in [0.05, 0.1) is 0 Å². The van der Waals surface area contributed by atoms with Gasteiger partial charge in [-0.2, -0.15) is 0 Å². The van der Waals surface area contributed by atoms with Crippen molar-refractivity contribution in [2.45, 2.75) is 91.4 Å². The summed E-state index contributed by atoms with van der Waals surface area (Å²) in [6, 6.07) is 0. The lowest BCUT2D eigenvalue weighted by atomic mass is 9.49. The molecule has 0 aromatic carbocycles. The zero-order valence-electron chi connectivity index (χ0n) is 19.4. The number of carbonyl (C=O) groups is 1. The minimum absolute atomic E-state index is 0.0260. The summed E-state index contributed by atoms with van der Waals surface area (Å²) < 4.78 is 0. The number of aliphatic hydroxyl groups excluding tert-OH is 1. The molecule has 5 heteroatoms. The highest BCUT2D eigenvalue weighted by molar-refractivity contribution is 6.00. The summed E-state index contributed by atoms with van der Waals surface area (Å²) in [4.78, 5) is 17.3. The third-order valence-corrected chi connectivity index (χ3v) is 8.82. The van der Waals surface area contributed by atoms with Crippen LogP contribution in [0.1, 0.15) is 91.4 Å². The molecular weight excluding hydrogens is 374 g/mol. The first-order valence-corrected chi connectivity index (χ1v) is 12.2.